The first-order valence-corrected chi connectivity index (χ1v) is 18.3. The fourth-order valence-corrected chi connectivity index (χ4v) is 7.93. The van der Waals surface area contributed by atoms with Crippen molar-refractivity contribution in [3.63, 3.8) is 0 Å². The predicted molar refractivity (Wildman–Crippen MR) is 194 cm³/mol. The Hall–Kier alpha value is -2.89. The summed E-state index contributed by atoms with van der Waals surface area (Å²) in [6.07, 6.45) is -1.20. The zero-order valence-electron chi connectivity index (χ0n) is 32.7. The van der Waals surface area contributed by atoms with Gasteiger partial charge in [0.05, 0.1) is 42.0 Å². The van der Waals surface area contributed by atoms with Gasteiger partial charge in [-0.3, -0.25) is 19.3 Å². The highest BCUT2D eigenvalue weighted by atomic mass is 16.7. The highest BCUT2D eigenvalue weighted by Crippen LogP contribution is 2.40. The van der Waals surface area contributed by atoms with Crippen molar-refractivity contribution in [3.8, 4) is 12.3 Å². The standard InChI is InChI=1S/C40H61NO11/c1-13-28-15-17-29(18-16-28)21-41(11)30-19-23(4)49-38(34(30)50-27(8)42)52-36-25(6)33(44)26(7)37(46)51-31(14-2)40(10,47)35(45)24(5)32(43)22(3)20-39(36,9)48-12/h1,15-18,22-26,30-31,33-36,38,44-45,47H,14,19-21H2,2-12H3/t22-,23-,24+,25+,26-,30+,31-,33+,34-,35-,36-,38+,39-,40-/m1/s1. The quantitative estimate of drug-likeness (QED) is 0.264. The van der Waals surface area contributed by atoms with Crippen LogP contribution in [0.3, 0.4) is 0 Å². The van der Waals surface area contributed by atoms with Gasteiger partial charge in [0.2, 0.25) is 0 Å². The normalized spacial score (nSPS) is 39.7. The lowest BCUT2D eigenvalue weighted by molar-refractivity contribution is -0.304. The Morgan fingerprint density at radius 1 is 1.08 bits per heavy atom. The third-order valence-electron chi connectivity index (χ3n) is 11.3. The van der Waals surface area contributed by atoms with Crippen molar-refractivity contribution in [2.45, 2.75) is 148 Å². The van der Waals surface area contributed by atoms with Gasteiger partial charge in [0, 0.05) is 43.9 Å². The monoisotopic (exact) mass is 731 g/mol. The third kappa shape index (κ3) is 9.80. The van der Waals surface area contributed by atoms with Gasteiger partial charge in [0.15, 0.2) is 12.4 Å². The molecular weight excluding hydrogens is 670 g/mol. The van der Waals surface area contributed by atoms with Crippen LogP contribution in [0.15, 0.2) is 24.3 Å². The number of nitrogens with zero attached hydrogens (tertiary/aromatic N) is 1. The summed E-state index contributed by atoms with van der Waals surface area (Å²) in [5.41, 5.74) is -1.47. The molecule has 0 radical (unpaired) electrons. The molecule has 2 aliphatic rings. The largest absolute Gasteiger partial charge is 0.459 e. The summed E-state index contributed by atoms with van der Waals surface area (Å²) in [4.78, 5) is 42.1. The predicted octanol–water partition coefficient (Wildman–Crippen LogP) is 3.64. The second kappa shape index (κ2) is 18.0. The third-order valence-corrected chi connectivity index (χ3v) is 11.3. The van der Waals surface area contributed by atoms with Crippen molar-refractivity contribution >= 4 is 17.7 Å². The summed E-state index contributed by atoms with van der Waals surface area (Å²) >= 11 is 0. The average molecular weight is 732 g/mol. The van der Waals surface area contributed by atoms with E-state index >= 15 is 0 Å². The zero-order valence-corrected chi connectivity index (χ0v) is 32.7. The number of carbonyl (C=O) groups is 3. The molecule has 2 fully saturated rings. The number of esters is 2. The van der Waals surface area contributed by atoms with Crippen LogP contribution in [0, 0.1) is 36.0 Å². The number of Topliss-reactive ketones (excluding diaryl/α,β-unsaturated/α-hetero) is 1. The lowest BCUT2D eigenvalue weighted by atomic mass is 9.74. The minimum Gasteiger partial charge on any atom is -0.459 e. The number of terminal acetylenes is 1. The summed E-state index contributed by atoms with van der Waals surface area (Å²) in [5.74, 6) is -2.72. The summed E-state index contributed by atoms with van der Waals surface area (Å²) < 4.78 is 31.0. The van der Waals surface area contributed by atoms with E-state index in [0.29, 0.717) is 13.0 Å². The number of methoxy groups -OCH3 is 1. The highest BCUT2D eigenvalue weighted by Gasteiger charge is 2.52. The van der Waals surface area contributed by atoms with Gasteiger partial charge < -0.3 is 39.0 Å². The molecule has 52 heavy (non-hydrogen) atoms. The molecule has 12 heteroatoms. The number of aliphatic hydroxyl groups excluding tert-OH is 2. The molecule has 1 aromatic rings. The number of aliphatic hydroxyl groups is 3. The van der Waals surface area contributed by atoms with Gasteiger partial charge in [0.25, 0.3) is 0 Å². The lowest BCUT2D eigenvalue weighted by Gasteiger charge is -2.49. The number of cyclic esters (lactones) is 1. The number of hydrogen-bond acceptors (Lipinski definition) is 12. The molecule has 14 atom stereocenters. The molecule has 0 amide bonds. The van der Waals surface area contributed by atoms with Gasteiger partial charge in [0.1, 0.15) is 17.5 Å². The Kier molecular flexibility index (Phi) is 15.0. The van der Waals surface area contributed by atoms with Crippen LogP contribution in [0.5, 0.6) is 0 Å². The first-order chi connectivity index (χ1) is 24.2. The van der Waals surface area contributed by atoms with E-state index in [2.05, 4.69) is 10.8 Å². The minimum absolute atomic E-state index is 0.0801. The first kappa shape index (κ1) is 43.5. The van der Waals surface area contributed by atoms with Crippen LogP contribution in [0.25, 0.3) is 0 Å². The van der Waals surface area contributed by atoms with E-state index in [1.807, 2.05) is 38.2 Å². The van der Waals surface area contributed by atoms with Crippen LogP contribution in [-0.2, 0) is 44.6 Å². The molecule has 292 valence electrons. The molecule has 0 aliphatic carbocycles. The Balaban J connectivity index is 2.09. The van der Waals surface area contributed by atoms with Gasteiger partial charge in [-0.25, -0.2) is 0 Å². The number of carbonyl (C=O) groups excluding carboxylic acids is 3. The summed E-state index contributed by atoms with van der Waals surface area (Å²) in [6, 6.07) is 7.28. The Labute approximate surface area is 309 Å². The summed E-state index contributed by atoms with van der Waals surface area (Å²) in [7, 11) is 3.40. The van der Waals surface area contributed by atoms with Crippen LogP contribution in [0.1, 0.15) is 92.7 Å². The van der Waals surface area contributed by atoms with E-state index in [1.165, 1.54) is 34.8 Å². The topological polar surface area (TPSA) is 161 Å². The van der Waals surface area contributed by atoms with Crippen LogP contribution in [0.4, 0.5) is 0 Å². The van der Waals surface area contributed by atoms with E-state index in [4.69, 9.17) is 30.1 Å². The molecule has 0 unspecified atom stereocenters. The average Bonchev–Trinajstić information content (AvgIpc) is 3.10. The minimum atomic E-state index is -1.95. The van der Waals surface area contributed by atoms with Crippen LogP contribution < -0.4 is 0 Å². The maximum Gasteiger partial charge on any atom is 0.311 e. The molecule has 0 aromatic heterocycles. The van der Waals surface area contributed by atoms with Crippen LogP contribution in [-0.4, -0.2) is 112 Å². The van der Waals surface area contributed by atoms with Crippen LogP contribution >= 0.6 is 0 Å². The smallest absolute Gasteiger partial charge is 0.311 e. The van der Waals surface area contributed by atoms with Crippen molar-refractivity contribution in [1.29, 1.82) is 0 Å². The fourth-order valence-electron chi connectivity index (χ4n) is 7.93. The van der Waals surface area contributed by atoms with Gasteiger partial charge in [-0.1, -0.05) is 45.7 Å². The number of ketones is 1. The molecule has 3 N–H and O–H groups in total. The fraction of sp³-hybridized carbons (Fsp3) is 0.725. The van der Waals surface area contributed by atoms with E-state index in [-0.39, 0.29) is 30.8 Å². The SMILES string of the molecule is C#Cc1ccc(CN(C)[C@H]2C[C@@H](C)O[C@@H](O[C@@H]3[C@@H](C)[C@H](O)[C@@H](C)C(=O)O[C@H](CC)[C@@](C)(O)[C@H](O)[C@@H](C)C(=O)[C@H](C)C[C@@]3(C)OC)[C@@H]2OC(C)=O)cc1. The molecular formula is C40H61NO11. The van der Waals surface area contributed by atoms with E-state index in [1.54, 1.807) is 27.7 Å². The molecule has 0 saturated carbocycles. The Morgan fingerprint density at radius 2 is 1.69 bits per heavy atom. The number of benzene rings is 1. The highest BCUT2D eigenvalue weighted by molar-refractivity contribution is 5.83. The molecule has 2 heterocycles. The van der Waals surface area contributed by atoms with Gasteiger partial charge in [-0.15, -0.1) is 6.42 Å². The molecule has 0 bridgehead atoms. The van der Waals surface area contributed by atoms with Crippen molar-refractivity contribution in [2.24, 2.45) is 23.7 Å². The summed E-state index contributed by atoms with van der Waals surface area (Å²) in [5, 5.41) is 34.5. The van der Waals surface area contributed by atoms with Gasteiger partial charge >= 0.3 is 11.9 Å². The Bertz CT molecular complexity index is 1410. The van der Waals surface area contributed by atoms with Crippen molar-refractivity contribution in [3.05, 3.63) is 35.4 Å². The van der Waals surface area contributed by atoms with Gasteiger partial charge in [-0.2, -0.15) is 0 Å². The molecule has 2 aliphatic heterocycles. The molecule has 12 nitrogen and oxygen atoms in total. The molecule has 2 saturated heterocycles. The first-order valence-electron chi connectivity index (χ1n) is 18.3. The maximum absolute atomic E-state index is 13.9. The Morgan fingerprint density at radius 3 is 2.23 bits per heavy atom. The van der Waals surface area contributed by atoms with Crippen LogP contribution in [0.2, 0.25) is 0 Å². The molecule has 1 aromatic carbocycles. The van der Waals surface area contributed by atoms with E-state index in [0.717, 1.165) is 11.1 Å². The summed E-state index contributed by atoms with van der Waals surface area (Å²) in [6.45, 7) is 15.0. The molecule has 3 rings (SSSR count). The van der Waals surface area contributed by atoms with Crippen molar-refractivity contribution in [2.75, 3.05) is 14.2 Å². The number of rotatable bonds is 8. The lowest BCUT2D eigenvalue weighted by Crippen LogP contribution is -2.61. The second-order valence-electron chi connectivity index (χ2n) is 15.5. The van der Waals surface area contributed by atoms with Crippen molar-refractivity contribution in [1.82, 2.24) is 4.90 Å². The maximum atomic E-state index is 13.9. The number of ether oxygens (including phenoxy) is 5. The number of likely N-dealkylation sites (N-methyl/N-ethyl adjacent to an activating group) is 1. The van der Waals surface area contributed by atoms with E-state index < -0.39 is 83.6 Å². The second-order valence-corrected chi connectivity index (χ2v) is 15.5. The zero-order chi connectivity index (χ0) is 39.3. The molecule has 0 spiro atoms. The van der Waals surface area contributed by atoms with E-state index in [9.17, 15) is 29.7 Å². The van der Waals surface area contributed by atoms with Crippen molar-refractivity contribution < 1.29 is 53.4 Å². The van der Waals surface area contributed by atoms with Gasteiger partial charge in [-0.05, 0) is 71.7 Å². The number of hydrogen-bond donors (Lipinski definition) is 3.